The number of carbonyl (C=O) groups is 2. The van der Waals surface area contributed by atoms with Crippen LogP contribution in [0, 0.1) is 5.92 Å². The molecule has 0 radical (unpaired) electrons. The Balaban J connectivity index is 1.59. The van der Waals surface area contributed by atoms with Crippen molar-refractivity contribution in [3.05, 3.63) is 53.6 Å². The molecule has 9 nitrogen and oxygen atoms in total. The number of likely N-dealkylation sites (tertiary alicyclic amines) is 1. The Morgan fingerprint density at radius 3 is 2.54 bits per heavy atom. The molecule has 1 amide bonds. The first-order valence-corrected chi connectivity index (χ1v) is 14.7. The van der Waals surface area contributed by atoms with Gasteiger partial charge < -0.3 is 29.1 Å². The van der Waals surface area contributed by atoms with E-state index in [1.807, 2.05) is 60.3 Å². The van der Waals surface area contributed by atoms with Crippen LogP contribution in [0.2, 0.25) is 0 Å². The van der Waals surface area contributed by atoms with E-state index in [2.05, 4.69) is 17.9 Å². The third-order valence-electron chi connectivity index (χ3n) is 8.16. The van der Waals surface area contributed by atoms with Gasteiger partial charge in [0.25, 0.3) is 0 Å². The fraction of sp³-hybridized carbons (Fsp3) is 0.562. The van der Waals surface area contributed by atoms with E-state index in [0.717, 1.165) is 49.1 Å². The van der Waals surface area contributed by atoms with Crippen molar-refractivity contribution in [1.82, 2.24) is 14.7 Å². The van der Waals surface area contributed by atoms with E-state index >= 15 is 0 Å². The molecule has 1 N–H and O–H groups in total. The van der Waals surface area contributed by atoms with E-state index < -0.39 is 17.9 Å². The molecule has 2 aliphatic heterocycles. The molecule has 4 rings (SSSR count). The van der Waals surface area contributed by atoms with Crippen LogP contribution in [-0.4, -0.2) is 105 Å². The molecule has 0 bridgehead atoms. The summed E-state index contributed by atoms with van der Waals surface area (Å²) in [6, 6.07) is 12.9. The van der Waals surface area contributed by atoms with E-state index in [-0.39, 0.29) is 25.0 Å². The number of carboxylic acids is 1. The Labute approximate surface area is 244 Å². The maximum atomic E-state index is 13.7. The van der Waals surface area contributed by atoms with E-state index in [4.69, 9.17) is 14.2 Å². The molecule has 2 heterocycles. The molecule has 2 aromatic rings. The molecule has 224 valence electrons. The molecule has 3 atom stereocenters. The minimum atomic E-state index is -0.885. The standard InChI is InChI=1S/C32H45N3O6/c1-5-6-16-34(17-9-15-33(2)3)30(36)21-35-20-25(23-12-13-27-24(19-23)14-18-40-27)31(32(37)38)26(35)22-41-29-11-8-7-10-28(29)39-4/h7-8,10-13,19,25-26,31H,5-6,9,14-18,20-22H2,1-4H3,(H,37,38). The van der Waals surface area contributed by atoms with Crippen molar-refractivity contribution in [1.29, 1.82) is 0 Å². The fourth-order valence-corrected chi connectivity index (χ4v) is 5.95. The van der Waals surface area contributed by atoms with Gasteiger partial charge in [-0.3, -0.25) is 14.5 Å². The zero-order chi connectivity index (χ0) is 29.4. The van der Waals surface area contributed by atoms with Gasteiger partial charge in [-0.1, -0.05) is 37.6 Å². The maximum absolute atomic E-state index is 13.7. The highest BCUT2D eigenvalue weighted by atomic mass is 16.5. The van der Waals surface area contributed by atoms with Crippen LogP contribution >= 0.6 is 0 Å². The van der Waals surface area contributed by atoms with Crippen molar-refractivity contribution in [2.45, 2.75) is 44.6 Å². The number of unbranched alkanes of at least 4 members (excludes halogenated alkanes) is 1. The van der Waals surface area contributed by atoms with Gasteiger partial charge in [0.2, 0.25) is 5.91 Å². The molecule has 41 heavy (non-hydrogen) atoms. The molecule has 0 spiro atoms. The van der Waals surface area contributed by atoms with Gasteiger partial charge in [0, 0.05) is 32.0 Å². The predicted octanol–water partition coefficient (Wildman–Crippen LogP) is 3.76. The number of ether oxygens (including phenoxy) is 3. The van der Waals surface area contributed by atoms with Crippen molar-refractivity contribution < 1.29 is 28.9 Å². The lowest BCUT2D eigenvalue weighted by Gasteiger charge is -2.30. The molecule has 2 aliphatic rings. The third-order valence-corrected chi connectivity index (χ3v) is 8.16. The number of carboxylic acid groups (broad SMARTS) is 1. The van der Waals surface area contributed by atoms with Crippen LogP contribution in [0.4, 0.5) is 0 Å². The van der Waals surface area contributed by atoms with Gasteiger partial charge in [-0.15, -0.1) is 0 Å². The highest BCUT2D eigenvalue weighted by molar-refractivity contribution is 5.79. The van der Waals surface area contributed by atoms with Gasteiger partial charge >= 0.3 is 5.97 Å². The van der Waals surface area contributed by atoms with Gasteiger partial charge in [0.1, 0.15) is 12.4 Å². The molecule has 9 heteroatoms. The molecular formula is C32H45N3O6. The average molecular weight is 568 g/mol. The second-order valence-corrected chi connectivity index (χ2v) is 11.3. The first-order valence-electron chi connectivity index (χ1n) is 14.7. The summed E-state index contributed by atoms with van der Waals surface area (Å²) in [6.07, 6.45) is 3.64. The maximum Gasteiger partial charge on any atom is 0.308 e. The average Bonchev–Trinajstić information content (AvgIpc) is 3.57. The van der Waals surface area contributed by atoms with Crippen molar-refractivity contribution >= 4 is 11.9 Å². The number of fused-ring (bicyclic) bond motifs is 1. The minimum absolute atomic E-state index is 0.0339. The third kappa shape index (κ3) is 7.71. The van der Waals surface area contributed by atoms with E-state index in [9.17, 15) is 14.7 Å². The van der Waals surface area contributed by atoms with Crippen LogP contribution in [0.1, 0.15) is 43.2 Å². The quantitative estimate of drug-likeness (QED) is 0.348. The van der Waals surface area contributed by atoms with Crippen molar-refractivity contribution in [2.24, 2.45) is 5.92 Å². The lowest BCUT2D eigenvalue weighted by Crippen LogP contribution is -2.47. The van der Waals surface area contributed by atoms with Gasteiger partial charge in [-0.05, 0) is 62.8 Å². The highest BCUT2D eigenvalue weighted by Crippen LogP contribution is 2.40. The Morgan fingerprint density at radius 1 is 1.07 bits per heavy atom. The Morgan fingerprint density at radius 2 is 1.83 bits per heavy atom. The topological polar surface area (TPSA) is 91.8 Å². The fourth-order valence-electron chi connectivity index (χ4n) is 5.95. The first-order chi connectivity index (χ1) is 19.8. The summed E-state index contributed by atoms with van der Waals surface area (Å²) in [6.45, 7) is 5.80. The van der Waals surface area contributed by atoms with Crippen LogP contribution in [0.25, 0.3) is 0 Å². The van der Waals surface area contributed by atoms with Crippen molar-refractivity contribution in [2.75, 3.05) is 67.1 Å². The minimum Gasteiger partial charge on any atom is -0.493 e. The number of hydrogen-bond acceptors (Lipinski definition) is 7. The number of methoxy groups -OCH3 is 1. The molecule has 1 fully saturated rings. The number of para-hydroxylation sites is 2. The summed E-state index contributed by atoms with van der Waals surface area (Å²) in [5.74, 6) is 0.131. The highest BCUT2D eigenvalue weighted by Gasteiger charge is 2.48. The van der Waals surface area contributed by atoms with Crippen LogP contribution < -0.4 is 14.2 Å². The van der Waals surface area contributed by atoms with Gasteiger partial charge in [0.15, 0.2) is 11.5 Å². The van der Waals surface area contributed by atoms with Gasteiger partial charge in [-0.25, -0.2) is 0 Å². The molecule has 3 unspecified atom stereocenters. The molecule has 0 aromatic heterocycles. The van der Waals surface area contributed by atoms with E-state index in [1.165, 1.54) is 0 Å². The number of aliphatic carboxylic acids is 1. The first kappa shape index (κ1) is 30.7. The zero-order valence-electron chi connectivity index (χ0n) is 24.9. The lowest BCUT2D eigenvalue weighted by molar-refractivity contribution is -0.144. The van der Waals surface area contributed by atoms with Crippen LogP contribution in [0.15, 0.2) is 42.5 Å². The van der Waals surface area contributed by atoms with Crippen molar-refractivity contribution in [3.8, 4) is 17.2 Å². The number of hydrogen-bond donors (Lipinski definition) is 1. The molecule has 1 saturated heterocycles. The molecule has 0 aliphatic carbocycles. The smallest absolute Gasteiger partial charge is 0.308 e. The Hall–Kier alpha value is -3.30. The summed E-state index contributed by atoms with van der Waals surface area (Å²) >= 11 is 0. The number of amides is 1. The van der Waals surface area contributed by atoms with Crippen molar-refractivity contribution in [3.63, 3.8) is 0 Å². The largest absolute Gasteiger partial charge is 0.493 e. The predicted molar refractivity (Wildman–Crippen MR) is 158 cm³/mol. The van der Waals surface area contributed by atoms with Crippen LogP contribution in [0.5, 0.6) is 17.2 Å². The zero-order valence-corrected chi connectivity index (χ0v) is 24.9. The second-order valence-electron chi connectivity index (χ2n) is 11.3. The number of carbonyl (C=O) groups excluding carboxylic acids is 1. The van der Waals surface area contributed by atoms with Gasteiger partial charge in [-0.2, -0.15) is 0 Å². The molecule has 2 aromatic carbocycles. The van der Waals surface area contributed by atoms with E-state index in [1.54, 1.807) is 7.11 Å². The SMILES string of the molecule is CCCCN(CCCN(C)C)C(=O)CN1CC(c2ccc3c(c2)CCO3)C(C(=O)O)C1COc1ccccc1OC. The lowest BCUT2D eigenvalue weighted by atomic mass is 9.84. The second kappa shape index (κ2) is 14.5. The monoisotopic (exact) mass is 567 g/mol. The number of benzene rings is 2. The van der Waals surface area contributed by atoms with E-state index in [0.29, 0.717) is 37.7 Å². The summed E-state index contributed by atoms with van der Waals surface area (Å²) in [7, 11) is 5.65. The van der Waals surface area contributed by atoms with Crippen LogP contribution in [-0.2, 0) is 16.0 Å². The number of rotatable bonds is 15. The Bertz CT molecular complexity index is 1170. The summed E-state index contributed by atoms with van der Waals surface area (Å²) in [5.41, 5.74) is 2.07. The molecular weight excluding hydrogens is 522 g/mol. The van der Waals surface area contributed by atoms with Gasteiger partial charge in [0.05, 0.1) is 32.2 Å². The number of nitrogens with zero attached hydrogens (tertiary/aromatic N) is 3. The molecule has 0 saturated carbocycles. The summed E-state index contributed by atoms with van der Waals surface area (Å²) < 4.78 is 17.3. The summed E-state index contributed by atoms with van der Waals surface area (Å²) in [5, 5.41) is 10.5. The normalized spacial score (nSPS) is 20.1. The van der Waals surface area contributed by atoms with Crippen LogP contribution in [0.3, 0.4) is 0 Å². The Kier molecular flexibility index (Phi) is 10.9. The summed E-state index contributed by atoms with van der Waals surface area (Å²) in [4.78, 5) is 32.7.